The van der Waals surface area contributed by atoms with E-state index in [0.29, 0.717) is 0 Å². The second kappa shape index (κ2) is 11.6. The number of rotatable bonds is 4. The highest BCUT2D eigenvalue weighted by molar-refractivity contribution is 7.22. The number of nitrogens with zero attached hydrogens (tertiary/aromatic N) is 4. The van der Waals surface area contributed by atoms with Crippen LogP contribution >= 0.6 is 0 Å². The van der Waals surface area contributed by atoms with Crippen molar-refractivity contribution in [2.75, 3.05) is 0 Å². The summed E-state index contributed by atoms with van der Waals surface area (Å²) in [7, 11) is -2.69. The first-order chi connectivity index (χ1) is 26.3. The zero-order chi connectivity index (χ0) is 34.9. The lowest BCUT2D eigenvalue weighted by Crippen LogP contribution is -2.72. The minimum atomic E-state index is -2.69. The van der Waals surface area contributed by atoms with Crippen LogP contribution in [0.25, 0.3) is 77.3 Å². The lowest BCUT2D eigenvalue weighted by Gasteiger charge is -2.31. The van der Waals surface area contributed by atoms with Crippen LogP contribution in [0.4, 0.5) is 0 Å². The Morgan fingerprint density at radius 1 is 0.340 bits per heavy atom. The smallest absolute Gasteiger partial charge is 0.180 e. The molecule has 0 radical (unpaired) electrons. The number of fused-ring (bicyclic) bond motifs is 9. The van der Waals surface area contributed by atoms with Crippen LogP contribution in [0.1, 0.15) is 0 Å². The van der Waals surface area contributed by atoms with Gasteiger partial charge in [0.2, 0.25) is 0 Å². The summed E-state index contributed by atoms with van der Waals surface area (Å²) in [4.78, 5) is 20.0. The van der Waals surface area contributed by atoms with Crippen molar-refractivity contribution in [3.8, 4) is 33.6 Å². The van der Waals surface area contributed by atoms with Crippen LogP contribution in [-0.2, 0) is 0 Å². The Labute approximate surface area is 307 Å². The first-order valence-electron chi connectivity index (χ1n) is 18.0. The fraction of sp³-hybridized carbons (Fsp3) is 0. The first kappa shape index (κ1) is 29.9. The highest BCUT2D eigenvalue weighted by atomic mass is 28.3. The van der Waals surface area contributed by atoms with Crippen molar-refractivity contribution in [1.29, 1.82) is 0 Å². The zero-order valence-electron chi connectivity index (χ0n) is 28.6. The predicted octanol–water partition coefficient (Wildman–Crippen LogP) is 8.57. The van der Waals surface area contributed by atoms with E-state index in [2.05, 4.69) is 158 Å². The molecule has 5 heterocycles. The van der Waals surface area contributed by atoms with Gasteiger partial charge < -0.3 is 0 Å². The molecule has 0 spiro atoms. The van der Waals surface area contributed by atoms with Crippen molar-refractivity contribution in [3.63, 3.8) is 0 Å². The molecular weight excluding hydrogens is 661 g/mol. The van der Waals surface area contributed by atoms with E-state index in [9.17, 15) is 0 Å². The topological polar surface area (TPSA) is 51.6 Å². The van der Waals surface area contributed by atoms with Gasteiger partial charge in [0.25, 0.3) is 0 Å². The van der Waals surface area contributed by atoms with Crippen LogP contribution in [-0.4, -0.2) is 28.0 Å². The quantitative estimate of drug-likeness (QED) is 0.137. The molecule has 0 bridgehead atoms. The van der Waals surface area contributed by atoms with Crippen molar-refractivity contribution in [1.82, 2.24) is 19.9 Å². The molecule has 4 aromatic heterocycles. The molecule has 0 saturated carbocycles. The van der Waals surface area contributed by atoms with Crippen molar-refractivity contribution in [2.24, 2.45) is 0 Å². The molecule has 0 unspecified atom stereocenters. The third-order valence-corrected chi connectivity index (χ3v) is 15.9. The molecule has 0 amide bonds. The van der Waals surface area contributed by atoms with Crippen LogP contribution in [0.15, 0.2) is 182 Å². The molecular formula is C48H30N4Si. The van der Waals surface area contributed by atoms with Gasteiger partial charge in [0.1, 0.15) is 0 Å². The molecule has 0 fully saturated rings. The zero-order valence-corrected chi connectivity index (χ0v) is 29.6. The third-order valence-electron chi connectivity index (χ3n) is 11.0. The molecule has 0 N–H and O–H groups in total. The van der Waals surface area contributed by atoms with Crippen LogP contribution in [0, 0.1) is 0 Å². The lowest BCUT2D eigenvalue weighted by molar-refractivity contribution is 1.37. The van der Waals surface area contributed by atoms with Crippen LogP contribution < -0.4 is 20.7 Å². The van der Waals surface area contributed by atoms with E-state index in [1.54, 1.807) is 0 Å². The van der Waals surface area contributed by atoms with E-state index < -0.39 is 8.07 Å². The summed E-state index contributed by atoms with van der Waals surface area (Å²) in [5, 5.41) is 9.87. The highest BCUT2D eigenvalue weighted by Gasteiger charge is 2.48. The van der Waals surface area contributed by atoms with Gasteiger partial charge in [-0.2, -0.15) is 0 Å². The summed E-state index contributed by atoms with van der Waals surface area (Å²) in [6, 6.07) is 61.6. The van der Waals surface area contributed by atoms with Crippen molar-refractivity contribution < 1.29 is 0 Å². The van der Waals surface area contributed by atoms with Crippen LogP contribution in [0.5, 0.6) is 0 Å². The Kier molecular flexibility index (Phi) is 6.54. The minimum Gasteiger partial charge on any atom is -0.254 e. The monoisotopic (exact) mass is 690 g/mol. The minimum absolute atomic E-state index is 0.922. The Balaban J connectivity index is 1.17. The molecule has 6 aromatic carbocycles. The van der Waals surface area contributed by atoms with Crippen LogP contribution in [0.3, 0.4) is 0 Å². The summed E-state index contributed by atoms with van der Waals surface area (Å²) >= 11 is 0. The molecule has 1 aliphatic rings. The average Bonchev–Trinajstić information content (AvgIpc) is 3.53. The molecule has 0 saturated heterocycles. The van der Waals surface area contributed by atoms with E-state index >= 15 is 0 Å². The molecule has 4 nitrogen and oxygen atoms in total. The SMILES string of the molecule is c1ccc([Si]2(c3ccccc3)c3ccc(-c4ccc5ccc6cccnc6c5n4)cc3-c3cc(-c4ccc5ccc6cccnc6c5n4)ccc32)cc1. The maximum absolute atomic E-state index is 5.26. The fourth-order valence-corrected chi connectivity index (χ4v) is 13.7. The molecule has 246 valence electrons. The van der Waals surface area contributed by atoms with E-state index in [1.807, 2.05) is 24.5 Å². The number of pyridine rings is 4. The summed E-state index contributed by atoms with van der Waals surface area (Å²) in [5.74, 6) is 0. The maximum atomic E-state index is 5.26. The normalized spacial score (nSPS) is 13.1. The van der Waals surface area contributed by atoms with E-state index in [1.165, 1.54) is 31.9 Å². The predicted molar refractivity (Wildman–Crippen MR) is 221 cm³/mol. The largest absolute Gasteiger partial charge is 0.254 e. The highest BCUT2D eigenvalue weighted by Crippen LogP contribution is 2.36. The van der Waals surface area contributed by atoms with Crippen molar-refractivity contribution >= 4 is 72.4 Å². The van der Waals surface area contributed by atoms with Gasteiger partial charge in [-0.1, -0.05) is 133 Å². The standard InChI is InChI=1S/C48H30N4Si/c1-3-11-37(12-4-1)53(38-13-5-2-6-14-38)43-25-21-35(41-23-19-33-17-15-31-9-7-27-49-45(31)47(33)51-41)29-39(43)40-30-36(22-26-44(40)53)42-24-20-34-18-16-32-10-8-28-50-46(32)48(34)52-42/h1-30H. The van der Waals surface area contributed by atoms with E-state index in [0.717, 1.165) is 66.1 Å². The van der Waals surface area contributed by atoms with Crippen molar-refractivity contribution in [3.05, 3.63) is 182 Å². The average molecular weight is 691 g/mol. The molecule has 53 heavy (non-hydrogen) atoms. The van der Waals surface area contributed by atoms with Gasteiger partial charge in [-0.3, -0.25) is 9.97 Å². The second-order valence-corrected chi connectivity index (χ2v) is 17.6. The summed E-state index contributed by atoms with van der Waals surface area (Å²) in [5.41, 5.74) is 10.2. The van der Waals surface area contributed by atoms with E-state index in [-0.39, 0.29) is 0 Å². The van der Waals surface area contributed by atoms with Gasteiger partial charge >= 0.3 is 0 Å². The van der Waals surface area contributed by atoms with Gasteiger partial charge in [-0.05, 0) is 68.3 Å². The first-order valence-corrected chi connectivity index (χ1v) is 20.0. The Hall–Kier alpha value is -6.82. The van der Waals surface area contributed by atoms with Gasteiger partial charge in [0.15, 0.2) is 8.07 Å². The molecule has 0 aliphatic carbocycles. The Bertz CT molecular complexity index is 2860. The number of hydrogen-bond acceptors (Lipinski definition) is 4. The molecule has 11 rings (SSSR count). The maximum Gasteiger partial charge on any atom is 0.180 e. The van der Waals surface area contributed by atoms with Gasteiger partial charge in [0, 0.05) is 45.1 Å². The molecule has 1 aliphatic heterocycles. The second-order valence-electron chi connectivity index (χ2n) is 13.8. The summed E-state index contributed by atoms with van der Waals surface area (Å²) in [6.07, 6.45) is 3.70. The molecule has 10 aromatic rings. The van der Waals surface area contributed by atoms with Gasteiger partial charge in [-0.15, -0.1) is 0 Å². The lowest BCUT2D eigenvalue weighted by atomic mass is 9.98. The number of benzene rings is 6. The summed E-state index contributed by atoms with van der Waals surface area (Å²) < 4.78 is 0. The van der Waals surface area contributed by atoms with Crippen LogP contribution in [0.2, 0.25) is 0 Å². The van der Waals surface area contributed by atoms with E-state index in [4.69, 9.17) is 19.9 Å². The fourth-order valence-electron chi connectivity index (χ4n) is 8.59. The number of aromatic nitrogens is 4. The summed E-state index contributed by atoms with van der Waals surface area (Å²) in [6.45, 7) is 0. The van der Waals surface area contributed by atoms with Crippen molar-refractivity contribution in [2.45, 2.75) is 0 Å². The van der Waals surface area contributed by atoms with Gasteiger partial charge in [0.05, 0.1) is 33.5 Å². The van der Waals surface area contributed by atoms with Gasteiger partial charge in [-0.25, -0.2) is 9.97 Å². The Morgan fingerprint density at radius 3 is 1.21 bits per heavy atom. The molecule has 5 heteroatoms. The molecule has 0 atom stereocenters. The third kappa shape index (κ3) is 4.48. The Morgan fingerprint density at radius 2 is 0.755 bits per heavy atom. The number of hydrogen-bond donors (Lipinski definition) is 0.